The summed E-state index contributed by atoms with van der Waals surface area (Å²) in [7, 11) is 0. The second-order valence-corrected chi connectivity index (χ2v) is 6.73. The molecule has 1 aromatic heterocycles. The molecule has 1 fully saturated rings. The van der Waals surface area contributed by atoms with Gasteiger partial charge in [-0.25, -0.2) is 4.98 Å². The Balaban J connectivity index is 1.79. The van der Waals surface area contributed by atoms with Crippen molar-refractivity contribution in [2.75, 3.05) is 12.3 Å². The summed E-state index contributed by atoms with van der Waals surface area (Å²) in [4.78, 5) is 4.60. The summed E-state index contributed by atoms with van der Waals surface area (Å²) in [5.41, 5.74) is 2.45. The smallest absolute Gasteiger partial charge is 0.0965 e. The van der Waals surface area contributed by atoms with E-state index in [9.17, 15) is 0 Å². The summed E-state index contributed by atoms with van der Waals surface area (Å²) in [6.45, 7) is 7.54. The van der Waals surface area contributed by atoms with Crippen LogP contribution in [0.4, 0.5) is 0 Å². The van der Waals surface area contributed by atoms with Crippen molar-refractivity contribution >= 4 is 11.8 Å². The first-order valence-electron chi connectivity index (χ1n) is 7.50. The average molecular weight is 278 g/mol. The van der Waals surface area contributed by atoms with Gasteiger partial charge in [0.1, 0.15) is 0 Å². The summed E-state index contributed by atoms with van der Waals surface area (Å²) in [6, 6.07) is 5.11. The molecule has 0 aromatic carbocycles. The van der Waals surface area contributed by atoms with Gasteiger partial charge in [0.2, 0.25) is 0 Å². The van der Waals surface area contributed by atoms with Gasteiger partial charge in [-0.05, 0) is 69.0 Å². The SMILES string of the molecule is CCNC1CCCC1CCSc1cc(C)cc(C)n1. The maximum atomic E-state index is 4.60. The minimum Gasteiger partial charge on any atom is -0.314 e. The lowest BCUT2D eigenvalue weighted by Gasteiger charge is -2.20. The molecular formula is C16H26N2S. The van der Waals surface area contributed by atoms with Crippen LogP contribution >= 0.6 is 11.8 Å². The number of thioether (sulfide) groups is 1. The quantitative estimate of drug-likeness (QED) is 0.797. The predicted molar refractivity (Wildman–Crippen MR) is 83.9 cm³/mol. The highest BCUT2D eigenvalue weighted by atomic mass is 32.2. The van der Waals surface area contributed by atoms with Crippen molar-refractivity contribution in [2.45, 2.75) is 57.5 Å². The Morgan fingerprint density at radius 3 is 2.89 bits per heavy atom. The molecule has 1 aliphatic carbocycles. The van der Waals surface area contributed by atoms with Crippen molar-refractivity contribution in [3.8, 4) is 0 Å². The minimum absolute atomic E-state index is 0.762. The molecule has 0 amide bonds. The van der Waals surface area contributed by atoms with Crippen LogP contribution in [0.1, 0.15) is 43.9 Å². The van der Waals surface area contributed by atoms with Gasteiger partial charge in [-0.3, -0.25) is 0 Å². The van der Waals surface area contributed by atoms with Crippen molar-refractivity contribution in [1.82, 2.24) is 10.3 Å². The molecule has 3 heteroatoms. The average Bonchev–Trinajstić information content (AvgIpc) is 2.76. The first kappa shape index (κ1) is 14.9. The molecule has 1 N–H and O–H groups in total. The summed E-state index contributed by atoms with van der Waals surface area (Å²) < 4.78 is 0. The molecule has 0 aliphatic heterocycles. The molecule has 2 atom stereocenters. The predicted octanol–water partition coefficient (Wildman–Crippen LogP) is 3.96. The molecule has 0 spiro atoms. The van der Waals surface area contributed by atoms with Gasteiger partial charge in [-0.15, -0.1) is 11.8 Å². The molecule has 2 unspecified atom stereocenters. The van der Waals surface area contributed by atoms with Crippen LogP contribution in [0, 0.1) is 19.8 Å². The Hall–Kier alpha value is -0.540. The maximum absolute atomic E-state index is 4.60. The lowest BCUT2D eigenvalue weighted by molar-refractivity contribution is 0.400. The first-order valence-corrected chi connectivity index (χ1v) is 8.49. The second-order valence-electron chi connectivity index (χ2n) is 5.62. The highest BCUT2D eigenvalue weighted by molar-refractivity contribution is 7.99. The van der Waals surface area contributed by atoms with E-state index in [1.165, 1.54) is 42.0 Å². The third-order valence-corrected chi connectivity index (χ3v) is 4.88. The molecule has 1 saturated carbocycles. The summed E-state index contributed by atoms with van der Waals surface area (Å²) >= 11 is 1.92. The van der Waals surface area contributed by atoms with Gasteiger partial charge in [0.15, 0.2) is 0 Å². The highest BCUT2D eigenvalue weighted by Crippen LogP contribution is 2.30. The Labute approximate surface area is 121 Å². The topological polar surface area (TPSA) is 24.9 Å². The molecule has 1 aromatic rings. The van der Waals surface area contributed by atoms with Crippen LogP contribution in [-0.4, -0.2) is 23.3 Å². The zero-order valence-electron chi connectivity index (χ0n) is 12.4. The maximum Gasteiger partial charge on any atom is 0.0965 e. The third kappa shape index (κ3) is 4.50. The molecule has 0 saturated heterocycles. The van der Waals surface area contributed by atoms with Crippen LogP contribution < -0.4 is 5.32 Å². The van der Waals surface area contributed by atoms with Gasteiger partial charge in [-0.1, -0.05) is 13.3 Å². The molecule has 1 heterocycles. The number of aromatic nitrogens is 1. The van der Waals surface area contributed by atoms with Crippen molar-refractivity contribution < 1.29 is 0 Å². The van der Waals surface area contributed by atoms with Gasteiger partial charge >= 0.3 is 0 Å². The van der Waals surface area contributed by atoms with Crippen LogP contribution in [0.2, 0.25) is 0 Å². The Morgan fingerprint density at radius 1 is 1.32 bits per heavy atom. The molecular weight excluding hydrogens is 252 g/mol. The molecule has 2 nitrogen and oxygen atoms in total. The van der Waals surface area contributed by atoms with E-state index in [0.29, 0.717) is 0 Å². The van der Waals surface area contributed by atoms with E-state index >= 15 is 0 Å². The molecule has 0 bridgehead atoms. The molecule has 106 valence electrons. The summed E-state index contributed by atoms with van der Waals surface area (Å²) in [5.74, 6) is 2.07. The zero-order valence-corrected chi connectivity index (χ0v) is 13.2. The van der Waals surface area contributed by atoms with Crippen LogP contribution in [-0.2, 0) is 0 Å². The normalized spacial score (nSPS) is 22.9. The monoisotopic (exact) mass is 278 g/mol. The number of pyridine rings is 1. The van der Waals surface area contributed by atoms with Crippen molar-refractivity contribution in [1.29, 1.82) is 0 Å². The van der Waals surface area contributed by atoms with E-state index in [1.807, 2.05) is 11.8 Å². The summed E-state index contributed by atoms with van der Waals surface area (Å²) in [6.07, 6.45) is 5.48. The summed E-state index contributed by atoms with van der Waals surface area (Å²) in [5, 5.41) is 4.83. The molecule has 0 radical (unpaired) electrons. The second kappa shape index (κ2) is 7.30. The van der Waals surface area contributed by atoms with E-state index in [2.05, 4.69) is 43.2 Å². The Kier molecular flexibility index (Phi) is 5.71. The van der Waals surface area contributed by atoms with E-state index in [4.69, 9.17) is 0 Å². The lowest BCUT2D eigenvalue weighted by atomic mass is 10.0. The van der Waals surface area contributed by atoms with Crippen LogP contribution in [0.5, 0.6) is 0 Å². The van der Waals surface area contributed by atoms with Gasteiger partial charge in [0.25, 0.3) is 0 Å². The number of nitrogens with one attached hydrogen (secondary N) is 1. The van der Waals surface area contributed by atoms with Crippen molar-refractivity contribution in [3.63, 3.8) is 0 Å². The number of hydrogen-bond acceptors (Lipinski definition) is 3. The Bertz CT molecular complexity index is 385. The van der Waals surface area contributed by atoms with Crippen LogP contribution in [0.15, 0.2) is 17.2 Å². The third-order valence-electron chi connectivity index (χ3n) is 3.94. The van der Waals surface area contributed by atoms with E-state index in [0.717, 1.165) is 24.2 Å². The van der Waals surface area contributed by atoms with Gasteiger partial charge < -0.3 is 5.32 Å². The number of rotatable bonds is 6. The van der Waals surface area contributed by atoms with Crippen LogP contribution in [0.3, 0.4) is 0 Å². The van der Waals surface area contributed by atoms with Gasteiger partial charge in [-0.2, -0.15) is 0 Å². The fraction of sp³-hybridized carbons (Fsp3) is 0.688. The van der Waals surface area contributed by atoms with E-state index in [1.54, 1.807) is 0 Å². The first-order chi connectivity index (χ1) is 9.19. The fourth-order valence-corrected chi connectivity index (χ4v) is 4.21. The van der Waals surface area contributed by atoms with Gasteiger partial charge in [0.05, 0.1) is 5.03 Å². The molecule has 1 aliphatic rings. The van der Waals surface area contributed by atoms with Crippen molar-refractivity contribution in [3.05, 3.63) is 23.4 Å². The standard InChI is InChI=1S/C16H26N2S/c1-4-17-15-7-5-6-14(15)8-9-19-16-11-12(2)10-13(3)18-16/h10-11,14-15,17H,4-9H2,1-3H3. The van der Waals surface area contributed by atoms with Crippen molar-refractivity contribution in [2.24, 2.45) is 5.92 Å². The number of nitrogens with zero attached hydrogens (tertiary/aromatic N) is 1. The molecule has 2 rings (SSSR count). The lowest BCUT2D eigenvalue weighted by Crippen LogP contribution is -2.32. The molecule has 19 heavy (non-hydrogen) atoms. The highest BCUT2D eigenvalue weighted by Gasteiger charge is 2.25. The largest absolute Gasteiger partial charge is 0.314 e. The Morgan fingerprint density at radius 2 is 2.16 bits per heavy atom. The van der Waals surface area contributed by atoms with Crippen LogP contribution in [0.25, 0.3) is 0 Å². The van der Waals surface area contributed by atoms with E-state index < -0.39 is 0 Å². The number of hydrogen-bond donors (Lipinski definition) is 1. The number of aryl methyl sites for hydroxylation is 2. The fourth-order valence-electron chi connectivity index (χ4n) is 3.11. The van der Waals surface area contributed by atoms with E-state index in [-0.39, 0.29) is 0 Å². The zero-order chi connectivity index (χ0) is 13.7. The van der Waals surface area contributed by atoms with Gasteiger partial charge in [0, 0.05) is 11.7 Å². The minimum atomic E-state index is 0.762.